The molecule has 19 heavy (non-hydrogen) atoms. The molecular weight excluding hydrogens is 307 g/mol. The van der Waals surface area contributed by atoms with E-state index in [0.29, 0.717) is 12.1 Å². The second-order valence-electron chi connectivity index (χ2n) is 4.54. The molecule has 1 N–H and O–H groups in total. The van der Waals surface area contributed by atoms with Gasteiger partial charge in [0.25, 0.3) is 0 Å². The molecule has 0 bridgehead atoms. The highest BCUT2D eigenvalue weighted by Gasteiger charge is 2.06. The Kier molecular flexibility index (Phi) is 5.16. The Bertz CT molecular complexity index is 537. The predicted octanol–water partition coefficient (Wildman–Crippen LogP) is 3.94. The predicted molar refractivity (Wildman–Crippen MR) is 79.6 cm³/mol. The van der Waals surface area contributed by atoms with E-state index in [-0.39, 0.29) is 5.82 Å². The van der Waals surface area contributed by atoms with Gasteiger partial charge in [-0.1, -0.05) is 28.9 Å². The topological polar surface area (TPSA) is 17.0 Å². The van der Waals surface area contributed by atoms with Crippen molar-refractivity contribution in [3.05, 3.63) is 58.1 Å². The summed E-state index contributed by atoms with van der Waals surface area (Å²) in [6.07, 6.45) is 3.10. The number of hydrogen-bond acceptors (Lipinski definition) is 1. The van der Waals surface area contributed by atoms with Gasteiger partial charge in [-0.25, -0.2) is 4.39 Å². The van der Waals surface area contributed by atoms with Gasteiger partial charge in [-0.15, -0.1) is 0 Å². The third-order valence-electron chi connectivity index (χ3n) is 3.01. The Morgan fingerprint density at radius 2 is 2.16 bits per heavy atom. The van der Waals surface area contributed by atoms with Crippen molar-refractivity contribution in [2.24, 2.45) is 0 Å². The Morgan fingerprint density at radius 3 is 2.89 bits per heavy atom. The summed E-state index contributed by atoms with van der Waals surface area (Å²) in [4.78, 5) is 0. The van der Waals surface area contributed by atoms with E-state index < -0.39 is 0 Å². The maximum atomic E-state index is 13.8. The summed E-state index contributed by atoms with van der Waals surface area (Å²) in [6.45, 7) is 4.52. The van der Waals surface area contributed by atoms with Crippen LogP contribution in [0.1, 0.15) is 24.6 Å². The molecular formula is C15H18BrFN2. The fourth-order valence-electron chi connectivity index (χ4n) is 1.99. The van der Waals surface area contributed by atoms with Crippen LogP contribution in [0.5, 0.6) is 0 Å². The average molecular weight is 325 g/mol. The lowest BCUT2D eigenvalue weighted by Gasteiger charge is -2.11. The minimum Gasteiger partial charge on any atom is -0.346 e. The molecule has 0 amide bonds. The first-order valence-corrected chi connectivity index (χ1v) is 7.28. The van der Waals surface area contributed by atoms with E-state index in [1.807, 2.05) is 24.4 Å². The van der Waals surface area contributed by atoms with Crippen LogP contribution < -0.4 is 5.32 Å². The smallest absolute Gasteiger partial charge is 0.129 e. The van der Waals surface area contributed by atoms with Gasteiger partial charge in [-0.2, -0.15) is 0 Å². The van der Waals surface area contributed by atoms with Gasteiger partial charge in [-0.05, 0) is 37.2 Å². The van der Waals surface area contributed by atoms with Crippen LogP contribution in [-0.4, -0.2) is 11.1 Å². The zero-order valence-electron chi connectivity index (χ0n) is 11.0. The Balaban J connectivity index is 2.08. The summed E-state index contributed by atoms with van der Waals surface area (Å²) in [6, 6.07) is 9.27. The molecule has 0 atom stereocenters. The quantitative estimate of drug-likeness (QED) is 0.796. The SMILES string of the molecule is CCCNCc1cccn1Cc1ccc(Br)cc1F. The molecule has 4 heteroatoms. The summed E-state index contributed by atoms with van der Waals surface area (Å²) < 4.78 is 16.7. The number of nitrogens with zero attached hydrogens (tertiary/aromatic N) is 1. The minimum atomic E-state index is -0.171. The maximum absolute atomic E-state index is 13.8. The molecule has 0 aliphatic carbocycles. The van der Waals surface area contributed by atoms with Crippen molar-refractivity contribution in [3.8, 4) is 0 Å². The van der Waals surface area contributed by atoms with Gasteiger partial charge in [0, 0.05) is 28.5 Å². The van der Waals surface area contributed by atoms with Gasteiger partial charge in [-0.3, -0.25) is 0 Å². The van der Waals surface area contributed by atoms with Gasteiger partial charge >= 0.3 is 0 Å². The third-order valence-corrected chi connectivity index (χ3v) is 3.51. The summed E-state index contributed by atoms with van der Waals surface area (Å²) in [5.74, 6) is -0.171. The Hall–Kier alpha value is -1.13. The largest absolute Gasteiger partial charge is 0.346 e. The molecule has 2 nitrogen and oxygen atoms in total. The van der Waals surface area contributed by atoms with Crippen molar-refractivity contribution < 1.29 is 4.39 Å². The van der Waals surface area contributed by atoms with Gasteiger partial charge in [0.2, 0.25) is 0 Å². The van der Waals surface area contributed by atoms with E-state index >= 15 is 0 Å². The van der Waals surface area contributed by atoms with Gasteiger partial charge in [0.1, 0.15) is 5.82 Å². The third kappa shape index (κ3) is 3.91. The lowest BCUT2D eigenvalue weighted by Crippen LogP contribution is -2.17. The van der Waals surface area contributed by atoms with Crippen molar-refractivity contribution in [3.63, 3.8) is 0 Å². The molecule has 0 fully saturated rings. The van der Waals surface area contributed by atoms with Crippen LogP contribution in [0.2, 0.25) is 0 Å². The van der Waals surface area contributed by atoms with Crippen LogP contribution >= 0.6 is 15.9 Å². The van der Waals surface area contributed by atoms with E-state index in [2.05, 4.69) is 38.8 Å². The summed E-state index contributed by atoms with van der Waals surface area (Å²) in [5, 5.41) is 3.37. The lowest BCUT2D eigenvalue weighted by atomic mass is 10.2. The van der Waals surface area contributed by atoms with Crippen LogP contribution in [0.25, 0.3) is 0 Å². The molecule has 0 saturated carbocycles. The van der Waals surface area contributed by atoms with E-state index in [0.717, 1.165) is 24.0 Å². The molecule has 1 aromatic heterocycles. The molecule has 0 unspecified atom stereocenters. The van der Waals surface area contributed by atoms with Gasteiger partial charge in [0.05, 0.1) is 6.54 Å². The summed E-state index contributed by atoms with van der Waals surface area (Å²) >= 11 is 3.27. The first kappa shape index (κ1) is 14.3. The Labute approximate surface area is 121 Å². The summed E-state index contributed by atoms with van der Waals surface area (Å²) in [7, 11) is 0. The van der Waals surface area contributed by atoms with Crippen LogP contribution in [0.3, 0.4) is 0 Å². The zero-order chi connectivity index (χ0) is 13.7. The second kappa shape index (κ2) is 6.87. The zero-order valence-corrected chi connectivity index (χ0v) is 12.6. The fourth-order valence-corrected chi connectivity index (χ4v) is 2.32. The van der Waals surface area contributed by atoms with Crippen LogP contribution in [0.4, 0.5) is 4.39 Å². The van der Waals surface area contributed by atoms with Crippen molar-refractivity contribution in [2.45, 2.75) is 26.4 Å². The fraction of sp³-hybridized carbons (Fsp3) is 0.333. The van der Waals surface area contributed by atoms with Crippen molar-refractivity contribution in [1.82, 2.24) is 9.88 Å². The number of hydrogen-bond donors (Lipinski definition) is 1. The number of rotatable bonds is 6. The van der Waals surface area contributed by atoms with Crippen molar-refractivity contribution in [1.29, 1.82) is 0 Å². The molecule has 1 aromatic carbocycles. The number of aromatic nitrogens is 1. The van der Waals surface area contributed by atoms with E-state index in [1.54, 1.807) is 0 Å². The number of nitrogens with one attached hydrogen (secondary N) is 1. The second-order valence-corrected chi connectivity index (χ2v) is 5.46. The highest BCUT2D eigenvalue weighted by Crippen LogP contribution is 2.17. The molecule has 2 rings (SSSR count). The standard InChI is InChI=1S/C15H18BrFN2/c1-2-7-18-10-14-4-3-8-19(14)11-12-5-6-13(16)9-15(12)17/h3-6,8-9,18H,2,7,10-11H2,1H3. The average Bonchev–Trinajstić information content (AvgIpc) is 2.81. The molecule has 0 saturated heterocycles. The van der Waals surface area contributed by atoms with Gasteiger partial charge < -0.3 is 9.88 Å². The highest BCUT2D eigenvalue weighted by atomic mass is 79.9. The molecule has 0 aliphatic heterocycles. The Morgan fingerprint density at radius 1 is 1.32 bits per heavy atom. The first-order valence-electron chi connectivity index (χ1n) is 6.49. The number of benzene rings is 1. The molecule has 1 heterocycles. The highest BCUT2D eigenvalue weighted by molar-refractivity contribution is 9.10. The van der Waals surface area contributed by atoms with E-state index in [4.69, 9.17) is 0 Å². The van der Waals surface area contributed by atoms with Crippen LogP contribution in [0.15, 0.2) is 41.0 Å². The summed E-state index contributed by atoms with van der Waals surface area (Å²) in [5.41, 5.74) is 1.88. The van der Waals surface area contributed by atoms with Crippen LogP contribution in [0, 0.1) is 5.82 Å². The molecule has 2 aromatic rings. The normalized spacial score (nSPS) is 10.9. The van der Waals surface area contributed by atoms with Crippen LogP contribution in [-0.2, 0) is 13.1 Å². The first-order chi connectivity index (χ1) is 9.20. The maximum Gasteiger partial charge on any atom is 0.129 e. The minimum absolute atomic E-state index is 0.171. The van der Waals surface area contributed by atoms with Crippen molar-refractivity contribution in [2.75, 3.05) is 6.54 Å². The monoisotopic (exact) mass is 324 g/mol. The lowest BCUT2D eigenvalue weighted by molar-refractivity contribution is 0.586. The van der Waals surface area contributed by atoms with E-state index in [9.17, 15) is 4.39 Å². The molecule has 0 spiro atoms. The number of halogens is 2. The van der Waals surface area contributed by atoms with E-state index in [1.165, 1.54) is 11.8 Å². The molecule has 0 radical (unpaired) electrons. The van der Waals surface area contributed by atoms with Gasteiger partial charge in [0.15, 0.2) is 0 Å². The van der Waals surface area contributed by atoms with Crippen molar-refractivity contribution >= 4 is 15.9 Å². The molecule has 0 aliphatic rings. The molecule has 102 valence electrons.